The summed E-state index contributed by atoms with van der Waals surface area (Å²) in [7, 11) is 1.51. The molecule has 1 saturated heterocycles. The van der Waals surface area contributed by atoms with Crippen molar-refractivity contribution in [3.8, 4) is 5.75 Å². The van der Waals surface area contributed by atoms with Gasteiger partial charge in [0.2, 0.25) is 11.8 Å². The summed E-state index contributed by atoms with van der Waals surface area (Å²) in [5.74, 6) is -2.72. The number of amides is 2. The quantitative estimate of drug-likeness (QED) is 0.219. The number of anilines is 1. The first-order valence-corrected chi connectivity index (χ1v) is 11.1. The summed E-state index contributed by atoms with van der Waals surface area (Å²) in [5.41, 5.74) is 18.5. The van der Waals surface area contributed by atoms with Gasteiger partial charge in [0.05, 0.1) is 26.0 Å². The number of ether oxygens (including phenoxy) is 2. The summed E-state index contributed by atoms with van der Waals surface area (Å²) in [6, 6.07) is 3.85. The van der Waals surface area contributed by atoms with E-state index in [2.05, 4.69) is 15.0 Å². The van der Waals surface area contributed by atoms with Crippen molar-refractivity contribution in [3.63, 3.8) is 0 Å². The Morgan fingerprint density at radius 3 is 2.54 bits per heavy atom. The van der Waals surface area contributed by atoms with Crippen LogP contribution >= 0.6 is 0 Å². The number of rotatable bonds is 8. The smallest absolute Gasteiger partial charge is 0.335 e. The number of aromatic nitrogens is 4. The fourth-order valence-corrected chi connectivity index (χ4v) is 4.25. The number of imide groups is 1. The average molecular weight is 514 g/mol. The zero-order valence-corrected chi connectivity index (χ0v) is 19.7. The number of carbonyl (C=O) groups is 3. The number of nitrogens with two attached hydrogens (primary N) is 3. The molecule has 8 N–H and O–H groups in total. The molecule has 0 saturated carbocycles. The van der Waals surface area contributed by atoms with Crippen LogP contribution in [0.15, 0.2) is 36.9 Å². The van der Waals surface area contributed by atoms with Crippen molar-refractivity contribution < 1.29 is 34.1 Å². The van der Waals surface area contributed by atoms with Crippen molar-refractivity contribution in [3.05, 3.63) is 42.5 Å². The van der Waals surface area contributed by atoms with E-state index in [1.165, 1.54) is 18.0 Å². The largest absolute Gasteiger partial charge is 0.497 e. The highest BCUT2D eigenvalue weighted by Crippen LogP contribution is 2.35. The van der Waals surface area contributed by atoms with Gasteiger partial charge in [-0.25, -0.2) is 19.7 Å². The summed E-state index contributed by atoms with van der Waals surface area (Å²) in [6.45, 7) is -0.640. The van der Waals surface area contributed by atoms with Crippen LogP contribution in [0.1, 0.15) is 11.8 Å². The summed E-state index contributed by atoms with van der Waals surface area (Å²) in [6.07, 6.45) is -2.48. The zero-order chi connectivity index (χ0) is 26.9. The average Bonchev–Trinajstić information content (AvgIpc) is 3.46. The predicted molar refractivity (Wildman–Crippen MR) is 127 cm³/mol. The van der Waals surface area contributed by atoms with E-state index in [1.54, 1.807) is 24.3 Å². The van der Waals surface area contributed by atoms with Crippen molar-refractivity contribution in [2.75, 3.05) is 19.4 Å². The summed E-state index contributed by atoms with van der Waals surface area (Å²) >= 11 is 0. The maximum absolute atomic E-state index is 13.4. The molecule has 1 aromatic carbocycles. The number of nitrogens with zero attached hydrogens (tertiary/aromatic N) is 5. The van der Waals surface area contributed by atoms with Gasteiger partial charge in [-0.2, -0.15) is 0 Å². The number of imidazole rings is 1. The van der Waals surface area contributed by atoms with E-state index >= 15 is 0 Å². The maximum Gasteiger partial charge on any atom is 0.335 e. The molecule has 196 valence electrons. The SMILES string of the molecule is COc1ccc(C[C@H](N)C(=O)N(C(=O)CN)[C@H]2[C@@H](O)[C@H](n3cnc4c(N)ncnc43)O[C@@H]2C(=O)O)cc1. The van der Waals surface area contributed by atoms with E-state index in [0.29, 0.717) is 16.2 Å². The molecule has 15 nitrogen and oxygen atoms in total. The van der Waals surface area contributed by atoms with Crippen LogP contribution in [-0.4, -0.2) is 90.4 Å². The third-order valence-electron chi connectivity index (χ3n) is 6.05. The van der Waals surface area contributed by atoms with Crippen molar-refractivity contribution >= 4 is 34.8 Å². The van der Waals surface area contributed by atoms with Crippen molar-refractivity contribution in [2.24, 2.45) is 11.5 Å². The highest BCUT2D eigenvalue weighted by molar-refractivity contribution is 5.99. The summed E-state index contributed by atoms with van der Waals surface area (Å²) in [5, 5.41) is 21.1. The minimum Gasteiger partial charge on any atom is -0.497 e. The Morgan fingerprint density at radius 1 is 1.22 bits per heavy atom. The fraction of sp³-hybridized carbons (Fsp3) is 0.364. The molecule has 2 amide bonds. The van der Waals surface area contributed by atoms with Gasteiger partial charge in [0.15, 0.2) is 23.8 Å². The molecule has 1 fully saturated rings. The van der Waals surface area contributed by atoms with Gasteiger partial charge in [-0.15, -0.1) is 0 Å². The number of aliphatic carboxylic acids is 1. The molecule has 37 heavy (non-hydrogen) atoms. The topological polar surface area (TPSA) is 235 Å². The Balaban J connectivity index is 1.66. The molecule has 15 heteroatoms. The van der Waals surface area contributed by atoms with E-state index in [4.69, 9.17) is 26.7 Å². The normalized spacial score (nSPS) is 22.1. The van der Waals surface area contributed by atoms with Gasteiger partial charge in [-0.3, -0.25) is 19.1 Å². The minimum atomic E-state index is -1.80. The fourth-order valence-electron chi connectivity index (χ4n) is 4.25. The van der Waals surface area contributed by atoms with Gasteiger partial charge in [0, 0.05) is 0 Å². The predicted octanol–water partition coefficient (Wildman–Crippen LogP) is -1.99. The van der Waals surface area contributed by atoms with Crippen LogP contribution in [0.25, 0.3) is 11.2 Å². The van der Waals surface area contributed by atoms with E-state index in [0.717, 1.165) is 6.33 Å². The molecule has 5 atom stereocenters. The van der Waals surface area contributed by atoms with Crippen molar-refractivity contribution in [2.45, 2.75) is 36.9 Å². The minimum absolute atomic E-state index is 0.0182. The van der Waals surface area contributed by atoms with Gasteiger partial charge in [0.1, 0.15) is 29.7 Å². The van der Waals surface area contributed by atoms with E-state index in [1.807, 2.05) is 0 Å². The Kier molecular flexibility index (Phi) is 7.30. The molecule has 1 aliphatic heterocycles. The first-order chi connectivity index (χ1) is 17.7. The van der Waals surface area contributed by atoms with E-state index in [-0.39, 0.29) is 23.4 Å². The van der Waals surface area contributed by atoms with E-state index < -0.39 is 54.8 Å². The van der Waals surface area contributed by atoms with Crippen LogP contribution in [0.2, 0.25) is 0 Å². The number of benzene rings is 1. The number of aliphatic hydroxyl groups is 1. The number of nitrogen functional groups attached to an aromatic ring is 1. The number of methoxy groups -OCH3 is 1. The zero-order valence-electron chi connectivity index (χ0n) is 19.7. The third-order valence-corrected chi connectivity index (χ3v) is 6.05. The first-order valence-electron chi connectivity index (χ1n) is 11.1. The molecule has 2 aromatic heterocycles. The number of aliphatic hydroxyl groups excluding tert-OH is 1. The second-order valence-corrected chi connectivity index (χ2v) is 8.31. The molecule has 0 unspecified atom stereocenters. The lowest BCUT2D eigenvalue weighted by Crippen LogP contribution is -2.60. The lowest BCUT2D eigenvalue weighted by Gasteiger charge is -2.32. The standard InChI is InChI=1S/C22H26N8O7/c1-36-11-4-2-10(3-5-11)6-12(24)20(33)30(13(31)7-23)15-16(32)21(37-17(15)22(34)35)29-9-28-14-18(25)26-8-27-19(14)29/h2-5,8-9,12,15-17,21,32H,6-7,23-24H2,1H3,(H,34,35)(H2,25,26,27)/t12-,15-,16+,17-,21+/m0/s1. The molecule has 1 aliphatic rings. The highest BCUT2D eigenvalue weighted by Gasteiger charge is 2.54. The van der Waals surface area contributed by atoms with Crippen LogP contribution in [0, 0.1) is 0 Å². The molecule has 4 rings (SSSR count). The highest BCUT2D eigenvalue weighted by atomic mass is 16.6. The van der Waals surface area contributed by atoms with Crippen molar-refractivity contribution in [1.82, 2.24) is 24.4 Å². The van der Waals surface area contributed by atoms with Crippen LogP contribution in [0.3, 0.4) is 0 Å². The Hall–Kier alpha value is -4.18. The number of carboxylic acids is 1. The summed E-state index contributed by atoms with van der Waals surface area (Å²) in [4.78, 5) is 50.9. The van der Waals surface area contributed by atoms with E-state index in [9.17, 15) is 24.6 Å². The maximum atomic E-state index is 13.4. The number of carbonyl (C=O) groups excluding carboxylic acids is 2. The molecule has 3 aromatic rings. The molecule has 0 aliphatic carbocycles. The van der Waals surface area contributed by atoms with Crippen molar-refractivity contribution in [1.29, 1.82) is 0 Å². The molecule has 0 radical (unpaired) electrons. The molecular weight excluding hydrogens is 488 g/mol. The first kappa shape index (κ1) is 25.9. The number of hydrogen-bond acceptors (Lipinski definition) is 12. The Bertz CT molecular complexity index is 1310. The van der Waals surface area contributed by atoms with Gasteiger partial charge < -0.3 is 36.9 Å². The van der Waals surface area contributed by atoms with Gasteiger partial charge >= 0.3 is 5.97 Å². The monoisotopic (exact) mass is 514 g/mol. The molecule has 0 spiro atoms. The van der Waals surface area contributed by atoms with Crippen LogP contribution in [0.5, 0.6) is 5.75 Å². The number of fused-ring (bicyclic) bond motifs is 1. The Labute approximate surface area is 209 Å². The number of hydrogen-bond donors (Lipinski definition) is 5. The van der Waals surface area contributed by atoms with Gasteiger partial charge in [-0.1, -0.05) is 12.1 Å². The second-order valence-electron chi connectivity index (χ2n) is 8.31. The molecule has 0 bridgehead atoms. The molecular formula is C22H26N8O7. The lowest BCUT2D eigenvalue weighted by molar-refractivity contribution is -0.158. The molecule has 3 heterocycles. The van der Waals surface area contributed by atoms with Crippen LogP contribution < -0.4 is 21.9 Å². The van der Waals surface area contributed by atoms with Gasteiger partial charge in [0.25, 0.3) is 0 Å². The van der Waals surface area contributed by atoms with Crippen LogP contribution in [0.4, 0.5) is 5.82 Å². The Morgan fingerprint density at radius 2 is 1.92 bits per heavy atom. The summed E-state index contributed by atoms with van der Waals surface area (Å²) < 4.78 is 12.0. The number of carboxylic acid groups (broad SMARTS) is 1. The lowest BCUT2D eigenvalue weighted by atomic mass is 10.0. The third kappa shape index (κ3) is 4.79. The van der Waals surface area contributed by atoms with Gasteiger partial charge in [-0.05, 0) is 24.1 Å². The second kappa shape index (κ2) is 10.4. The van der Waals surface area contributed by atoms with Crippen LogP contribution in [-0.2, 0) is 25.5 Å².